The molecule has 6 nitrogen and oxygen atoms in total. The SMILES string of the molecule is c1ccc(CCn2c(SCC[NH+]3CCOCC3)nnc2-c2cccnc2)cc1. The Kier molecular flexibility index (Phi) is 6.70. The second kappa shape index (κ2) is 9.82. The van der Waals surface area contributed by atoms with E-state index in [1.54, 1.807) is 22.9 Å². The van der Waals surface area contributed by atoms with Crippen LogP contribution in [0.25, 0.3) is 11.4 Å². The number of thioether (sulfide) groups is 1. The summed E-state index contributed by atoms with van der Waals surface area (Å²) in [4.78, 5) is 5.86. The van der Waals surface area contributed by atoms with Crippen LogP contribution in [0.4, 0.5) is 0 Å². The molecule has 4 rings (SSSR count). The summed E-state index contributed by atoms with van der Waals surface area (Å²) in [6.07, 6.45) is 4.60. The second-order valence-corrected chi connectivity index (χ2v) is 7.96. The summed E-state index contributed by atoms with van der Waals surface area (Å²) in [6.45, 7) is 5.93. The minimum Gasteiger partial charge on any atom is -0.370 e. The predicted molar refractivity (Wildman–Crippen MR) is 111 cm³/mol. The molecule has 3 heterocycles. The van der Waals surface area contributed by atoms with E-state index in [0.717, 1.165) is 68.1 Å². The second-order valence-electron chi connectivity index (χ2n) is 6.90. The Balaban J connectivity index is 1.47. The Morgan fingerprint density at radius 2 is 1.89 bits per heavy atom. The van der Waals surface area contributed by atoms with Crippen molar-refractivity contribution in [2.45, 2.75) is 18.1 Å². The summed E-state index contributed by atoms with van der Waals surface area (Å²) in [7, 11) is 0. The first-order chi connectivity index (χ1) is 13.9. The van der Waals surface area contributed by atoms with Crippen molar-refractivity contribution in [1.29, 1.82) is 0 Å². The highest BCUT2D eigenvalue weighted by Gasteiger charge is 2.17. The lowest BCUT2D eigenvalue weighted by atomic mass is 10.1. The van der Waals surface area contributed by atoms with Gasteiger partial charge in [-0.15, -0.1) is 10.2 Å². The number of benzene rings is 1. The van der Waals surface area contributed by atoms with Gasteiger partial charge >= 0.3 is 0 Å². The average Bonchev–Trinajstić information content (AvgIpc) is 3.17. The van der Waals surface area contributed by atoms with Crippen LogP contribution in [-0.2, 0) is 17.7 Å². The standard InChI is InChI=1S/C21H25N5OS/c1-2-5-18(6-3-1)8-10-26-20(19-7-4-9-22-17-19)23-24-21(26)28-16-13-25-11-14-27-15-12-25/h1-7,9,17H,8,10-16H2/p+1. The van der Waals surface area contributed by atoms with E-state index in [1.807, 2.05) is 18.3 Å². The highest BCUT2D eigenvalue weighted by molar-refractivity contribution is 7.99. The fourth-order valence-electron chi connectivity index (χ4n) is 3.39. The number of aryl methyl sites for hydroxylation is 1. The van der Waals surface area contributed by atoms with E-state index in [-0.39, 0.29) is 0 Å². The van der Waals surface area contributed by atoms with Gasteiger partial charge in [0.15, 0.2) is 11.0 Å². The smallest absolute Gasteiger partial charge is 0.191 e. The van der Waals surface area contributed by atoms with Crippen LogP contribution in [-0.4, -0.2) is 58.3 Å². The summed E-state index contributed by atoms with van der Waals surface area (Å²) in [5, 5.41) is 9.98. The lowest BCUT2D eigenvalue weighted by Gasteiger charge is -2.23. The van der Waals surface area contributed by atoms with Gasteiger partial charge in [-0.2, -0.15) is 0 Å². The first-order valence-corrected chi connectivity index (χ1v) is 10.8. The van der Waals surface area contributed by atoms with Crippen LogP contribution in [0, 0.1) is 0 Å². The third kappa shape index (κ3) is 4.98. The van der Waals surface area contributed by atoms with Crippen molar-refractivity contribution in [2.24, 2.45) is 0 Å². The van der Waals surface area contributed by atoms with E-state index in [9.17, 15) is 0 Å². The van der Waals surface area contributed by atoms with Crippen molar-refractivity contribution in [1.82, 2.24) is 19.7 Å². The van der Waals surface area contributed by atoms with Crippen molar-refractivity contribution in [3.63, 3.8) is 0 Å². The van der Waals surface area contributed by atoms with Crippen LogP contribution >= 0.6 is 11.8 Å². The molecule has 3 aromatic rings. The molecule has 0 radical (unpaired) electrons. The van der Waals surface area contributed by atoms with Gasteiger partial charge in [0, 0.05) is 24.5 Å². The molecular weight excluding hydrogens is 370 g/mol. The lowest BCUT2D eigenvalue weighted by molar-refractivity contribution is -0.905. The predicted octanol–water partition coefficient (Wildman–Crippen LogP) is 1.59. The third-order valence-corrected chi connectivity index (χ3v) is 5.96. The van der Waals surface area contributed by atoms with E-state index in [0.29, 0.717) is 0 Å². The molecule has 0 unspecified atom stereocenters. The van der Waals surface area contributed by atoms with Crippen molar-refractivity contribution >= 4 is 11.8 Å². The summed E-state index contributed by atoms with van der Waals surface area (Å²) in [6, 6.07) is 14.6. The molecule has 0 atom stereocenters. The molecule has 0 spiro atoms. The van der Waals surface area contributed by atoms with Gasteiger partial charge in [-0.05, 0) is 24.1 Å². The van der Waals surface area contributed by atoms with E-state index < -0.39 is 0 Å². The van der Waals surface area contributed by atoms with Gasteiger partial charge in [-0.3, -0.25) is 4.98 Å². The Morgan fingerprint density at radius 1 is 1.04 bits per heavy atom. The zero-order valence-corrected chi connectivity index (χ0v) is 16.8. The lowest BCUT2D eigenvalue weighted by Crippen LogP contribution is -3.14. The number of nitrogens with zero attached hydrogens (tertiary/aromatic N) is 4. The molecule has 1 aliphatic heterocycles. The first-order valence-electron chi connectivity index (χ1n) is 9.82. The summed E-state index contributed by atoms with van der Waals surface area (Å²) < 4.78 is 7.69. The van der Waals surface area contributed by atoms with E-state index in [4.69, 9.17) is 4.74 Å². The molecule has 28 heavy (non-hydrogen) atoms. The van der Waals surface area contributed by atoms with Gasteiger partial charge in [0.05, 0.1) is 25.5 Å². The third-order valence-electron chi connectivity index (χ3n) is 4.99. The fourth-order valence-corrected chi connectivity index (χ4v) is 4.39. The number of quaternary nitrogens is 1. The first kappa shape index (κ1) is 19.1. The Morgan fingerprint density at radius 3 is 2.68 bits per heavy atom. The average molecular weight is 397 g/mol. The van der Waals surface area contributed by atoms with Crippen molar-refractivity contribution in [2.75, 3.05) is 38.6 Å². The van der Waals surface area contributed by atoms with Crippen LogP contribution in [0.1, 0.15) is 5.56 Å². The number of rotatable bonds is 8. The van der Waals surface area contributed by atoms with Crippen molar-refractivity contribution in [3.05, 3.63) is 60.4 Å². The van der Waals surface area contributed by atoms with Crippen LogP contribution in [0.5, 0.6) is 0 Å². The van der Waals surface area contributed by atoms with Gasteiger partial charge in [-0.25, -0.2) is 0 Å². The minimum absolute atomic E-state index is 0.855. The maximum Gasteiger partial charge on any atom is 0.191 e. The monoisotopic (exact) mass is 396 g/mol. The molecule has 7 heteroatoms. The number of hydrogen-bond acceptors (Lipinski definition) is 5. The number of pyridine rings is 1. The molecule has 0 bridgehead atoms. The van der Waals surface area contributed by atoms with Gasteiger partial charge in [0.1, 0.15) is 13.1 Å². The van der Waals surface area contributed by atoms with Gasteiger partial charge < -0.3 is 14.2 Å². The minimum atomic E-state index is 0.855. The molecule has 1 aliphatic rings. The van der Waals surface area contributed by atoms with Crippen molar-refractivity contribution in [3.8, 4) is 11.4 Å². The topological polar surface area (TPSA) is 57.3 Å². The zero-order valence-electron chi connectivity index (χ0n) is 16.0. The van der Waals surface area contributed by atoms with E-state index >= 15 is 0 Å². The van der Waals surface area contributed by atoms with Crippen LogP contribution in [0.2, 0.25) is 0 Å². The molecular formula is C21H26N5OS+. The number of hydrogen-bond donors (Lipinski definition) is 1. The molecule has 0 amide bonds. The largest absolute Gasteiger partial charge is 0.370 e. The summed E-state index contributed by atoms with van der Waals surface area (Å²) >= 11 is 1.80. The zero-order chi connectivity index (χ0) is 19.0. The Hall–Kier alpha value is -2.22. The normalized spacial score (nSPS) is 15.0. The number of aromatic nitrogens is 4. The molecule has 1 aromatic carbocycles. The Bertz CT molecular complexity index is 850. The molecule has 1 N–H and O–H groups in total. The van der Waals surface area contributed by atoms with Crippen molar-refractivity contribution < 1.29 is 9.64 Å². The van der Waals surface area contributed by atoms with Crippen LogP contribution < -0.4 is 4.90 Å². The number of ether oxygens (including phenoxy) is 1. The molecule has 2 aromatic heterocycles. The number of morpholine rings is 1. The maximum atomic E-state index is 5.45. The van der Waals surface area contributed by atoms with Gasteiger partial charge in [0.2, 0.25) is 0 Å². The van der Waals surface area contributed by atoms with E-state index in [2.05, 4.69) is 50.1 Å². The highest BCUT2D eigenvalue weighted by atomic mass is 32.2. The molecule has 0 saturated carbocycles. The van der Waals surface area contributed by atoms with Gasteiger partial charge in [0.25, 0.3) is 0 Å². The number of nitrogens with one attached hydrogen (secondary N) is 1. The molecule has 1 saturated heterocycles. The summed E-state index contributed by atoms with van der Waals surface area (Å²) in [5.41, 5.74) is 2.33. The Labute approximate surface area is 170 Å². The fraction of sp³-hybridized carbons (Fsp3) is 0.381. The van der Waals surface area contributed by atoms with E-state index in [1.165, 1.54) is 5.56 Å². The highest BCUT2D eigenvalue weighted by Crippen LogP contribution is 2.23. The maximum absolute atomic E-state index is 5.45. The molecule has 0 aliphatic carbocycles. The van der Waals surface area contributed by atoms with Crippen LogP contribution in [0.15, 0.2) is 60.0 Å². The molecule has 146 valence electrons. The van der Waals surface area contributed by atoms with Crippen LogP contribution in [0.3, 0.4) is 0 Å². The quantitative estimate of drug-likeness (QED) is 0.586. The molecule has 1 fully saturated rings. The summed E-state index contributed by atoms with van der Waals surface area (Å²) in [5.74, 6) is 1.93. The van der Waals surface area contributed by atoms with Gasteiger partial charge in [-0.1, -0.05) is 42.1 Å².